The van der Waals surface area contributed by atoms with E-state index in [0.717, 1.165) is 39.1 Å². The monoisotopic (exact) mass is 285 g/mol. The summed E-state index contributed by atoms with van der Waals surface area (Å²) in [5.41, 5.74) is 0. The largest absolute Gasteiger partial charge is 0.390 e. The van der Waals surface area contributed by atoms with Crippen molar-refractivity contribution in [1.29, 1.82) is 0 Å². The molecule has 0 aliphatic carbocycles. The first-order chi connectivity index (χ1) is 9.77. The van der Waals surface area contributed by atoms with Gasteiger partial charge in [-0.05, 0) is 13.0 Å². The summed E-state index contributed by atoms with van der Waals surface area (Å²) in [6.45, 7) is 8.17. The van der Waals surface area contributed by atoms with Gasteiger partial charge in [0.15, 0.2) is 0 Å². The van der Waals surface area contributed by atoms with Crippen molar-refractivity contribution in [2.24, 2.45) is 0 Å². The fourth-order valence-electron chi connectivity index (χ4n) is 2.92. The van der Waals surface area contributed by atoms with Gasteiger partial charge in [-0.15, -0.1) is 0 Å². The average molecular weight is 285 g/mol. The van der Waals surface area contributed by atoms with Gasteiger partial charge < -0.3 is 9.84 Å². The molecule has 3 heteroatoms. The van der Waals surface area contributed by atoms with Gasteiger partial charge in [-0.2, -0.15) is 0 Å². The van der Waals surface area contributed by atoms with E-state index in [9.17, 15) is 5.11 Å². The smallest absolute Gasteiger partial charge is 0.0960 e. The van der Waals surface area contributed by atoms with E-state index in [2.05, 4.69) is 18.7 Å². The highest BCUT2D eigenvalue weighted by Crippen LogP contribution is 2.15. The summed E-state index contributed by atoms with van der Waals surface area (Å²) in [5, 5.41) is 10.2. The molecule has 1 rings (SSSR count). The summed E-state index contributed by atoms with van der Waals surface area (Å²) in [6, 6.07) is 0. The Hall–Kier alpha value is -0.120. The van der Waals surface area contributed by atoms with Crippen LogP contribution in [-0.4, -0.2) is 48.5 Å². The lowest BCUT2D eigenvalue weighted by molar-refractivity contribution is -0.0897. The van der Waals surface area contributed by atoms with Gasteiger partial charge in [0, 0.05) is 13.1 Å². The summed E-state index contributed by atoms with van der Waals surface area (Å²) < 4.78 is 5.70. The Kier molecular flexibility index (Phi) is 10.3. The molecule has 0 spiro atoms. The zero-order valence-corrected chi connectivity index (χ0v) is 13.6. The highest BCUT2D eigenvalue weighted by Gasteiger charge is 2.25. The van der Waals surface area contributed by atoms with Crippen LogP contribution in [0.1, 0.15) is 71.6 Å². The first kappa shape index (κ1) is 17.9. The minimum absolute atomic E-state index is 0.0354. The Morgan fingerprint density at radius 1 is 1.05 bits per heavy atom. The zero-order chi connectivity index (χ0) is 14.6. The molecule has 1 N–H and O–H groups in total. The van der Waals surface area contributed by atoms with Crippen LogP contribution in [0.25, 0.3) is 0 Å². The summed E-state index contributed by atoms with van der Waals surface area (Å²) in [4.78, 5) is 2.37. The topological polar surface area (TPSA) is 32.7 Å². The van der Waals surface area contributed by atoms with Gasteiger partial charge in [0.25, 0.3) is 0 Å². The van der Waals surface area contributed by atoms with E-state index in [0.29, 0.717) is 0 Å². The number of morpholine rings is 1. The van der Waals surface area contributed by atoms with Crippen LogP contribution in [-0.2, 0) is 4.74 Å². The summed E-state index contributed by atoms with van der Waals surface area (Å²) in [7, 11) is 0. The first-order valence-electron chi connectivity index (χ1n) is 8.80. The molecule has 20 heavy (non-hydrogen) atoms. The third-order valence-corrected chi connectivity index (χ3v) is 4.41. The summed E-state index contributed by atoms with van der Waals surface area (Å²) >= 11 is 0. The van der Waals surface area contributed by atoms with Crippen LogP contribution in [0.3, 0.4) is 0 Å². The van der Waals surface area contributed by atoms with Gasteiger partial charge in [-0.3, -0.25) is 4.90 Å². The summed E-state index contributed by atoms with van der Waals surface area (Å²) in [5.74, 6) is 0. The van der Waals surface area contributed by atoms with E-state index in [-0.39, 0.29) is 12.2 Å². The SMILES string of the molecule is CCCCCCCCCCC(O)C1CN(CC)CCO1. The van der Waals surface area contributed by atoms with Crippen LogP contribution in [0.2, 0.25) is 0 Å². The number of unbranched alkanes of at least 4 members (excludes halogenated alkanes) is 7. The van der Waals surface area contributed by atoms with Crippen molar-refractivity contribution < 1.29 is 9.84 Å². The molecule has 2 unspecified atom stereocenters. The molecule has 1 aliphatic rings. The molecule has 2 atom stereocenters. The van der Waals surface area contributed by atoms with Crippen LogP contribution in [0.4, 0.5) is 0 Å². The van der Waals surface area contributed by atoms with Gasteiger partial charge in [-0.1, -0.05) is 65.2 Å². The predicted molar refractivity (Wildman–Crippen MR) is 85.1 cm³/mol. The van der Waals surface area contributed by atoms with E-state index >= 15 is 0 Å². The van der Waals surface area contributed by atoms with Crippen LogP contribution in [0.5, 0.6) is 0 Å². The first-order valence-corrected chi connectivity index (χ1v) is 8.80. The fraction of sp³-hybridized carbons (Fsp3) is 1.00. The highest BCUT2D eigenvalue weighted by atomic mass is 16.5. The van der Waals surface area contributed by atoms with Crippen molar-refractivity contribution >= 4 is 0 Å². The molecule has 1 heterocycles. The second-order valence-electron chi connectivity index (χ2n) is 6.13. The van der Waals surface area contributed by atoms with Crippen molar-refractivity contribution in [2.45, 2.75) is 83.8 Å². The lowest BCUT2D eigenvalue weighted by Crippen LogP contribution is -2.47. The Labute approximate surface area is 125 Å². The Balaban J connectivity index is 1.98. The number of ether oxygens (including phenoxy) is 1. The average Bonchev–Trinajstić information content (AvgIpc) is 2.49. The molecule has 1 aliphatic heterocycles. The standard InChI is InChI=1S/C17H35NO2/c1-3-5-6-7-8-9-10-11-12-16(19)17-15-18(4-2)13-14-20-17/h16-17,19H,3-15H2,1-2H3. The molecule has 0 aromatic heterocycles. The molecular formula is C17H35NO2. The molecule has 1 fully saturated rings. The van der Waals surface area contributed by atoms with E-state index < -0.39 is 0 Å². The normalized spacial score (nSPS) is 22.1. The second kappa shape index (κ2) is 11.5. The Bertz CT molecular complexity index is 223. The highest BCUT2D eigenvalue weighted by molar-refractivity contribution is 4.77. The number of aliphatic hydroxyl groups excluding tert-OH is 1. The van der Waals surface area contributed by atoms with Gasteiger partial charge in [0.05, 0.1) is 18.8 Å². The predicted octanol–water partition coefficient (Wildman–Crippen LogP) is 3.60. The van der Waals surface area contributed by atoms with E-state index in [1.54, 1.807) is 0 Å². The number of nitrogens with zero attached hydrogens (tertiary/aromatic N) is 1. The maximum Gasteiger partial charge on any atom is 0.0960 e. The molecule has 0 bridgehead atoms. The number of likely N-dealkylation sites (N-methyl/N-ethyl adjacent to an activating group) is 1. The molecular weight excluding hydrogens is 250 g/mol. The Morgan fingerprint density at radius 2 is 1.70 bits per heavy atom. The lowest BCUT2D eigenvalue weighted by atomic mass is 10.0. The second-order valence-corrected chi connectivity index (χ2v) is 6.13. The Morgan fingerprint density at radius 3 is 2.35 bits per heavy atom. The zero-order valence-electron chi connectivity index (χ0n) is 13.6. The van der Waals surface area contributed by atoms with Crippen molar-refractivity contribution in [2.75, 3.05) is 26.2 Å². The van der Waals surface area contributed by atoms with Crippen LogP contribution in [0, 0.1) is 0 Å². The van der Waals surface area contributed by atoms with Crippen molar-refractivity contribution in [1.82, 2.24) is 4.90 Å². The maximum absolute atomic E-state index is 10.2. The number of hydrogen-bond acceptors (Lipinski definition) is 3. The molecule has 0 aromatic carbocycles. The molecule has 0 amide bonds. The fourth-order valence-corrected chi connectivity index (χ4v) is 2.92. The molecule has 120 valence electrons. The van der Waals surface area contributed by atoms with Crippen LogP contribution >= 0.6 is 0 Å². The van der Waals surface area contributed by atoms with Gasteiger partial charge in [0.2, 0.25) is 0 Å². The molecule has 0 saturated carbocycles. The number of aliphatic hydroxyl groups is 1. The molecule has 0 aromatic rings. The van der Waals surface area contributed by atoms with E-state index in [1.165, 1.54) is 44.9 Å². The van der Waals surface area contributed by atoms with Crippen LogP contribution < -0.4 is 0 Å². The molecule has 3 nitrogen and oxygen atoms in total. The lowest BCUT2D eigenvalue weighted by Gasteiger charge is -2.34. The van der Waals surface area contributed by atoms with E-state index in [4.69, 9.17) is 4.74 Å². The van der Waals surface area contributed by atoms with Gasteiger partial charge >= 0.3 is 0 Å². The van der Waals surface area contributed by atoms with Crippen LogP contribution in [0.15, 0.2) is 0 Å². The minimum Gasteiger partial charge on any atom is -0.390 e. The quantitative estimate of drug-likeness (QED) is 0.589. The van der Waals surface area contributed by atoms with Crippen molar-refractivity contribution in [3.8, 4) is 0 Å². The number of hydrogen-bond donors (Lipinski definition) is 1. The van der Waals surface area contributed by atoms with Gasteiger partial charge in [-0.25, -0.2) is 0 Å². The maximum atomic E-state index is 10.2. The number of rotatable bonds is 11. The van der Waals surface area contributed by atoms with E-state index in [1.807, 2.05) is 0 Å². The van der Waals surface area contributed by atoms with Gasteiger partial charge in [0.1, 0.15) is 0 Å². The summed E-state index contributed by atoms with van der Waals surface area (Å²) in [6.07, 6.45) is 11.2. The van der Waals surface area contributed by atoms with Crippen molar-refractivity contribution in [3.63, 3.8) is 0 Å². The van der Waals surface area contributed by atoms with Crippen molar-refractivity contribution in [3.05, 3.63) is 0 Å². The third-order valence-electron chi connectivity index (χ3n) is 4.41. The third kappa shape index (κ3) is 7.61. The molecule has 1 saturated heterocycles. The minimum atomic E-state index is -0.274. The molecule has 0 radical (unpaired) electrons.